The molecule has 2 N–H and O–H groups in total. The highest BCUT2D eigenvalue weighted by Crippen LogP contribution is 2.37. The predicted molar refractivity (Wildman–Crippen MR) is 100 cm³/mol. The van der Waals surface area contributed by atoms with Gasteiger partial charge in [-0.3, -0.25) is 4.79 Å². The van der Waals surface area contributed by atoms with Crippen molar-refractivity contribution in [3.05, 3.63) is 35.9 Å². The van der Waals surface area contributed by atoms with Gasteiger partial charge in [-0.25, -0.2) is 0 Å². The van der Waals surface area contributed by atoms with Crippen LogP contribution < -0.4 is 5.32 Å². The van der Waals surface area contributed by atoms with E-state index in [0.717, 1.165) is 44.6 Å². The highest BCUT2D eigenvalue weighted by molar-refractivity contribution is 5.84. The lowest BCUT2D eigenvalue weighted by atomic mass is 9.84. The molecule has 0 spiro atoms. The SMILES string of the molecule is O=C(NCCN1CCC(CO)CC1)C(c1ccccc1)C1CCCC1. The molecule has 1 saturated carbocycles. The van der Waals surface area contributed by atoms with Crippen molar-refractivity contribution >= 4 is 5.91 Å². The number of carbonyl (C=O) groups excluding carboxylic acids is 1. The molecule has 4 heteroatoms. The van der Waals surface area contributed by atoms with Crippen LogP contribution in [0, 0.1) is 11.8 Å². The van der Waals surface area contributed by atoms with Crippen LogP contribution in [-0.4, -0.2) is 48.7 Å². The Hall–Kier alpha value is -1.39. The first kappa shape index (κ1) is 18.4. The normalized spacial score (nSPS) is 21.3. The van der Waals surface area contributed by atoms with Gasteiger partial charge < -0.3 is 15.3 Å². The Morgan fingerprint density at radius 1 is 1.12 bits per heavy atom. The number of rotatable bonds is 7. The summed E-state index contributed by atoms with van der Waals surface area (Å²) in [7, 11) is 0. The van der Waals surface area contributed by atoms with E-state index in [4.69, 9.17) is 0 Å². The predicted octanol–water partition coefficient (Wildman–Crippen LogP) is 2.78. The summed E-state index contributed by atoms with van der Waals surface area (Å²) in [5, 5.41) is 12.4. The number of carbonyl (C=O) groups is 1. The van der Waals surface area contributed by atoms with Crippen LogP contribution in [-0.2, 0) is 4.79 Å². The summed E-state index contributed by atoms with van der Waals surface area (Å²) in [4.78, 5) is 15.3. The zero-order valence-corrected chi connectivity index (χ0v) is 15.2. The number of amides is 1. The maximum Gasteiger partial charge on any atom is 0.227 e. The zero-order chi connectivity index (χ0) is 17.5. The van der Waals surface area contributed by atoms with Crippen molar-refractivity contribution in [2.24, 2.45) is 11.8 Å². The second-order valence-electron chi connectivity index (χ2n) is 7.69. The van der Waals surface area contributed by atoms with E-state index in [9.17, 15) is 9.90 Å². The number of piperidine rings is 1. The van der Waals surface area contributed by atoms with Gasteiger partial charge in [-0.15, -0.1) is 0 Å². The van der Waals surface area contributed by atoms with E-state index >= 15 is 0 Å². The fourth-order valence-corrected chi connectivity index (χ4v) is 4.43. The quantitative estimate of drug-likeness (QED) is 0.800. The van der Waals surface area contributed by atoms with Crippen molar-refractivity contribution in [1.82, 2.24) is 10.2 Å². The van der Waals surface area contributed by atoms with Crippen LogP contribution in [0.3, 0.4) is 0 Å². The Morgan fingerprint density at radius 3 is 2.44 bits per heavy atom. The summed E-state index contributed by atoms with van der Waals surface area (Å²) in [6.45, 7) is 4.01. The van der Waals surface area contributed by atoms with Crippen LogP contribution in [0.15, 0.2) is 30.3 Å². The van der Waals surface area contributed by atoms with Crippen LogP contribution in [0.4, 0.5) is 0 Å². The average molecular weight is 344 g/mol. The molecule has 2 aliphatic rings. The summed E-state index contributed by atoms with van der Waals surface area (Å²) >= 11 is 0. The monoisotopic (exact) mass is 344 g/mol. The third-order valence-electron chi connectivity index (χ3n) is 6.01. The molecule has 4 nitrogen and oxygen atoms in total. The van der Waals surface area contributed by atoms with Crippen molar-refractivity contribution in [3.63, 3.8) is 0 Å². The number of aliphatic hydroxyl groups is 1. The van der Waals surface area contributed by atoms with Gasteiger partial charge in [0.1, 0.15) is 0 Å². The maximum atomic E-state index is 12.9. The molecule has 138 valence electrons. The van der Waals surface area contributed by atoms with Crippen molar-refractivity contribution in [2.45, 2.75) is 44.4 Å². The van der Waals surface area contributed by atoms with Crippen LogP contribution in [0.1, 0.15) is 50.0 Å². The van der Waals surface area contributed by atoms with Gasteiger partial charge in [0.05, 0.1) is 5.92 Å². The van der Waals surface area contributed by atoms with Gasteiger partial charge in [0.25, 0.3) is 0 Å². The lowest BCUT2D eigenvalue weighted by molar-refractivity contribution is -0.123. The highest BCUT2D eigenvalue weighted by atomic mass is 16.3. The van der Waals surface area contributed by atoms with Gasteiger partial charge in [0.15, 0.2) is 0 Å². The van der Waals surface area contributed by atoms with Crippen LogP contribution in [0.25, 0.3) is 0 Å². The number of nitrogens with zero attached hydrogens (tertiary/aromatic N) is 1. The molecule has 25 heavy (non-hydrogen) atoms. The fraction of sp³-hybridized carbons (Fsp3) is 0.667. The third kappa shape index (κ3) is 5.05. The van der Waals surface area contributed by atoms with Crippen molar-refractivity contribution in [3.8, 4) is 0 Å². The summed E-state index contributed by atoms with van der Waals surface area (Å²) < 4.78 is 0. The van der Waals surface area contributed by atoms with E-state index in [1.165, 1.54) is 25.7 Å². The molecule has 2 fully saturated rings. The topological polar surface area (TPSA) is 52.6 Å². The minimum Gasteiger partial charge on any atom is -0.396 e. The molecule has 1 aromatic rings. The number of hydrogen-bond donors (Lipinski definition) is 2. The van der Waals surface area contributed by atoms with Gasteiger partial charge in [0, 0.05) is 19.7 Å². The summed E-state index contributed by atoms with van der Waals surface area (Å²) in [5.41, 5.74) is 1.16. The van der Waals surface area contributed by atoms with E-state index in [0.29, 0.717) is 18.4 Å². The third-order valence-corrected chi connectivity index (χ3v) is 6.01. The lowest BCUT2D eigenvalue weighted by Crippen LogP contribution is -2.41. The lowest BCUT2D eigenvalue weighted by Gasteiger charge is -2.31. The number of hydrogen-bond acceptors (Lipinski definition) is 3. The second-order valence-corrected chi connectivity index (χ2v) is 7.69. The Kier molecular flexibility index (Phi) is 6.88. The van der Waals surface area contributed by atoms with E-state index in [2.05, 4.69) is 22.3 Å². The molecule has 1 amide bonds. The van der Waals surface area contributed by atoms with E-state index in [1.54, 1.807) is 0 Å². The number of likely N-dealkylation sites (tertiary alicyclic amines) is 1. The zero-order valence-electron chi connectivity index (χ0n) is 15.2. The minimum atomic E-state index is 0.00354. The first-order valence-electron chi connectivity index (χ1n) is 9.94. The van der Waals surface area contributed by atoms with Gasteiger partial charge in [-0.05, 0) is 56.2 Å². The smallest absolute Gasteiger partial charge is 0.227 e. The number of nitrogens with one attached hydrogen (secondary N) is 1. The summed E-state index contributed by atoms with van der Waals surface area (Å²) in [6, 6.07) is 10.3. The first-order chi connectivity index (χ1) is 12.3. The minimum absolute atomic E-state index is 0.00354. The van der Waals surface area contributed by atoms with E-state index in [-0.39, 0.29) is 11.8 Å². The van der Waals surface area contributed by atoms with Crippen LogP contribution in [0.2, 0.25) is 0 Å². The molecule has 1 heterocycles. The number of aliphatic hydroxyl groups excluding tert-OH is 1. The van der Waals surface area contributed by atoms with E-state index in [1.807, 2.05) is 18.2 Å². The summed E-state index contributed by atoms with van der Waals surface area (Å²) in [5.74, 6) is 1.16. The molecule has 1 aliphatic heterocycles. The Balaban J connectivity index is 1.51. The van der Waals surface area contributed by atoms with Crippen LogP contribution in [0.5, 0.6) is 0 Å². The second kappa shape index (κ2) is 9.35. The molecule has 1 aliphatic carbocycles. The Labute approximate surface area is 151 Å². The Bertz CT molecular complexity index is 520. The molecular weight excluding hydrogens is 312 g/mol. The molecular formula is C21H32N2O2. The largest absolute Gasteiger partial charge is 0.396 e. The van der Waals surface area contributed by atoms with Crippen LogP contribution >= 0.6 is 0 Å². The molecule has 0 aromatic heterocycles. The standard InChI is InChI=1S/C21H32N2O2/c24-16-17-10-13-23(14-11-17)15-12-22-21(25)20(19-8-4-5-9-19)18-6-2-1-3-7-18/h1-3,6-7,17,19-20,24H,4-5,8-16H2,(H,22,25). The van der Waals surface area contributed by atoms with Crippen molar-refractivity contribution in [1.29, 1.82) is 0 Å². The molecule has 3 rings (SSSR count). The molecule has 0 bridgehead atoms. The number of benzene rings is 1. The van der Waals surface area contributed by atoms with E-state index < -0.39 is 0 Å². The van der Waals surface area contributed by atoms with Gasteiger partial charge in [-0.1, -0.05) is 43.2 Å². The molecule has 1 aromatic carbocycles. The maximum absolute atomic E-state index is 12.9. The van der Waals surface area contributed by atoms with Gasteiger partial charge in [0.2, 0.25) is 5.91 Å². The average Bonchev–Trinajstić information content (AvgIpc) is 3.17. The molecule has 1 saturated heterocycles. The van der Waals surface area contributed by atoms with Crippen molar-refractivity contribution in [2.75, 3.05) is 32.8 Å². The first-order valence-corrected chi connectivity index (χ1v) is 9.94. The molecule has 1 unspecified atom stereocenters. The highest BCUT2D eigenvalue weighted by Gasteiger charge is 2.31. The van der Waals surface area contributed by atoms with Gasteiger partial charge in [-0.2, -0.15) is 0 Å². The fourth-order valence-electron chi connectivity index (χ4n) is 4.43. The van der Waals surface area contributed by atoms with Crippen molar-refractivity contribution < 1.29 is 9.90 Å². The summed E-state index contributed by atoms with van der Waals surface area (Å²) in [6.07, 6.45) is 6.98. The van der Waals surface area contributed by atoms with Gasteiger partial charge >= 0.3 is 0 Å². The Morgan fingerprint density at radius 2 is 1.80 bits per heavy atom. The molecule has 1 atom stereocenters. The molecule has 0 radical (unpaired) electrons.